The maximum Gasteiger partial charge on any atom is 0.216 e. The number of benzene rings is 1. The van der Waals surface area contributed by atoms with E-state index < -0.39 is 11.5 Å². The van der Waals surface area contributed by atoms with E-state index in [2.05, 4.69) is 13.0 Å². The number of aliphatic hydroxyl groups is 1. The highest BCUT2D eigenvalue weighted by molar-refractivity contribution is 5.63. The van der Waals surface area contributed by atoms with Crippen molar-refractivity contribution in [1.29, 1.82) is 0 Å². The van der Waals surface area contributed by atoms with E-state index in [0.717, 1.165) is 30.3 Å². The van der Waals surface area contributed by atoms with Crippen molar-refractivity contribution >= 4 is 12.4 Å². The summed E-state index contributed by atoms with van der Waals surface area (Å²) < 4.78 is 20.4. The summed E-state index contributed by atoms with van der Waals surface area (Å²) in [6.07, 6.45) is 8.76. The van der Waals surface area contributed by atoms with Gasteiger partial charge in [-0.15, -0.1) is 0 Å². The second kappa shape index (κ2) is 7.74. The number of aromatic nitrogens is 1. The van der Waals surface area contributed by atoms with Crippen LogP contribution in [-0.4, -0.2) is 29.7 Å². The van der Waals surface area contributed by atoms with Gasteiger partial charge in [0.25, 0.3) is 0 Å². The van der Waals surface area contributed by atoms with Crippen molar-refractivity contribution in [2.75, 3.05) is 6.61 Å². The zero-order valence-electron chi connectivity index (χ0n) is 19.0. The van der Waals surface area contributed by atoms with Gasteiger partial charge in [-0.05, 0) is 60.8 Å². The standard InChI is InChI=1S/C27H30FNO4/c1-25-12-11-24(31)26(2,16-30)22(25)10-13-27(17-33-27)23(25)9-8-21-7-6-19(15-29(21)32)18-4-3-5-20(28)14-18/h3-9,14-16,22-24,31H,10-13,17H2,1-2H3/b9-8+/t22-,23-,24+,25+,26+,27+/m0/s1. The molecule has 5 nitrogen and oxygen atoms in total. The first-order valence-corrected chi connectivity index (χ1v) is 11.7. The van der Waals surface area contributed by atoms with Crippen LogP contribution in [0.1, 0.15) is 45.2 Å². The number of epoxide rings is 1. The monoisotopic (exact) mass is 451 g/mol. The molecule has 1 aromatic heterocycles. The van der Waals surface area contributed by atoms with Crippen LogP contribution in [0.4, 0.5) is 4.39 Å². The molecule has 1 spiro atoms. The van der Waals surface area contributed by atoms with E-state index in [-0.39, 0.29) is 28.7 Å². The van der Waals surface area contributed by atoms with E-state index in [1.165, 1.54) is 18.3 Å². The van der Waals surface area contributed by atoms with Crippen LogP contribution in [0.2, 0.25) is 0 Å². The molecular formula is C27H30FNO4. The number of rotatable bonds is 4. The van der Waals surface area contributed by atoms with Crippen LogP contribution in [0, 0.1) is 33.7 Å². The van der Waals surface area contributed by atoms with E-state index >= 15 is 0 Å². The average molecular weight is 452 g/mol. The molecule has 3 aliphatic rings. The molecule has 1 aliphatic heterocycles. The van der Waals surface area contributed by atoms with Crippen LogP contribution >= 0.6 is 0 Å². The zero-order valence-corrected chi connectivity index (χ0v) is 19.0. The Balaban J connectivity index is 1.46. The molecule has 0 unspecified atom stereocenters. The summed E-state index contributed by atoms with van der Waals surface area (Å²) in [5.41, 5.74) is 0.554. The number of aldehydes is 1. The predicted octanol–water partition coefficient (Wildman–Crippen LogP) is 4.30. The minimum Gasteiger partial charge on any atom is -0.618 e. The van der Waals surface area contributed by atoms with Crippen molar-refractivity contribution in [3.63, 3.8) is 0 Å². The van der Waals surface area contributed by atoms with Gasteiger partial charge in [0.2, 0.25) is 5.69 Å². The van der Waals surface area contributed by atoms with Crippen LogP contribution in [0.5, 0.6) is 0 Å². The largest absolute Gasteiger partial charge is 0.618 e. The number of nitrogens with zero attached hydrogens (tertiary/aromatic N) is 1. The summed E-state index contributed by atoms with van der Waals surface area (Å²) in [7, 11) is 0. The quantitative estimate of drug-likeness (QED) is 0.325. The number of hydrogen-bond acceptors (Lipinski definition) is 4. The molecule has 1 saturated heterocycles. The van der Waals surface area contributed by atoms with Gasteiger partial charge < -0.3 is 19.8 Å². The van der Waals surface area contributed by atoms with Crippen molar-refractivity contribution in [2.45, 2.75) is 51.2 Å². The SMILES string of the molecule is C[C@]1(C=O)[C@H](O)CC[C@@]2(C)[C@H](/C=C/c3ccc(-c4cccc(F)c4)c[n+]3[O-])[C@@]3(CC[C@H]12)CO3. The van der Waals surface area contributed by atoms with Crippen molar-refractivity contribution in [2.24, 2.45) is 22.7 Å². The highest BCUT2D eigenvalue weighted by atomic mass is 19.1. The number of pyridine rings is 1. The molecule has 0 bridgehead atoms. The van der Waals surface area contributed by atoms with Crippen LogP contribution in [0.15, 0.2) is 48.7 Å². The van der Waals surface area contributed by atoms with Crippen LogP contribution in [0.25, 0.3) is 17.2 Å². The normalized spacial score (nSPS) is 37.8. The van der Waals surface area contributed by atoms with Crippen molar-refractivity contribution < 1.29 is 23.8 Å². The van der Waals surface area contributed by atoms with Crippen LogP contribution in [0.3, 0.4) is 0 Å². The molecule has 174 valence electrons. The molecule has 6 atom stereocenters. The topological polar surface area (TPSA) is 76.8 Å². The lowest BCUT2D eigenvalue weighted by atomic mass is 9.45. The summed E-state index contributed by atoms with van der Waals surface area (Å²) >= 11 is 0. The number of aliphatic hydroxyl groups excluding tert-OH is 1. The second-order valence-electron chi connectivity index (χ2n) is 10.5. The summed E-state index contributed by atoms with van der Waals surface area (Å²) in [5, 5.41) is 23.4. The summed E-state index contributed by atoms with van der Waals surface area (Å²) in [6, 6.07) is 9.73. The molecule has 0 radical (unpaired) electrons. The molecule has 33 heavy (non-hydrogen) atoms. The van der Waals surface area contributed by atoms with Gasteiger partial charge in [-0.25, -0.2) is 4.39 Å². The summed E-state index contributed by atoms with van der Waals surface area (Å²) in [6.45, 7) is 4.78. The average Bonchev–Trinajstić information content (AvgIpc) is 3.57. The Morgan fingerprint density at radius 2 is 1.97 bits per heavy atom. The van der Waals surface area contributed by atoms with Crippen molar-refractivity contribution in [3.8, 4) is 11.1 Å². The van der Waals surface area contributed by atoms with Gasteiger partial charge in [-0.3, -0.25) is 0 Å². The smallest absolute Gasteiger partial charge is 0.216 e. The first-order chi connectivity index (χ1) is 15.7. The third-order valence-corrected chi connectivity index (χ3v) is 8.69. The van der Waals surface area contributed by atoms with E-state index in [4.69, 9.17) is 4.74 Å². The van der Waals surface area contributed by atoms with Crippen LogP contribution < -0.4 is 4.73 Å². The summed E-state index contributed by atoms with van der Waals surface area (Å²) in [4.78, 5) is 12.1. The van der Waals surface area contributed by atoms with Crippen molar-refractivity contribution in [1.82, 2.24) is 0 Å². The number of fused-ring (bicyclic) bond motifs is 1. The Morgan fingerprint density at radius 3 is 2.64 bits per heavy atom. The lowest BCUT2D eigenvalue weighted by Crippen LogP contribution is -2.59. The third kappa shape index (κ3) is 3.51. The molecule has 2 aromatic rings. The highest BCUT2D eigenvalue weighted by Gasteiger charge is 2.66. The molecule has 2 heterocycles. The van der Waals surface area contributed by atoms with E-state index in [1.54, 1.807) is 18.2 Å². The van der Waals surface area contributed by atoms with Gasteiger partial charge in [-0.2, -0.15) is 4.73 Å². The third-order valence-electron chi connectivity index (χ3n) is 8.69. The fourth-order valence-corrected chi connectivity index (χ4v) is 6.66. The Labute approximate surface area is 193 Å². The lowest BCUT2D eigenvalue weighted by Gasteiger charge is -2.59. The number of ether oxygens (including phenoxy) is 1. The Hall–Kier alpha value is -2.57. The van der Waals surface area contributed by atoms with Crippen LogP contribution in [-0.2, 0) is 9.53 Å². The molecular weight excluding hydrogens is 421 g/mol. The van der Waals surface area contributed by atoms with E-state index in [9.17, 15) is 19.5 Å². The molecule has 0 amide bonds. The van der Waals surface area contributed by atoms with E-state index in [0.29, 0.717) is 29.8 Å². The Morgan fingerprint density at radius 1 is 1.18 bits per heavy atom. The lowest BCUT2D eigenvalue weighted by molar-refractivity contribution is -0.606. The van der Waals surface area contributed by atoms with Gasteiger partial charge in [0, 0.05) is 23.6 Å². The molecule has 1 N–H and O–H groups in total. The Bertz CT molecular complexity index is 1110. The maximum atomic E-state index is 13.6. The fourth-order valence-electron chi connectivity index (χ4n) is 6.66. The summed E-state index contributed by atoms with van der Waals surface area (Å²) in [5.74, 6) is -0.257. The fraction of sp³-hybridized carbons (Fsp3) is 0.481. The minimum absolute atomic E-state index is 0.0402. The van der Waals surface area contributed by atoms with Gasteiger partial charge in [-0.1, -0.05) is 32.1 Å². The molecule has 3 fully saturated rings. The molecule has 5 rings (SSSR count). The van der Waals surface area contributed by atoms with E-state index in [1.807, 2.05) is 19.1 Å². The first-order valence-electron chi connectivity index (χ1n) is 11.7. The molecule has 1 aromatic carbocycles. The minimum atomic E-state index is -0.777. The predicted molar refractivity (Wildman–Crippen MR) is 122 cm³/mol. The second-order valence-corrected chi connectivity index (χ2v) is 10.5. The van der Waals surface area contributed by atoms with Gasteiger partial charge in [0.15, 0.2) is 6.20 Å². The molecule has 2 aliphatic carbocycles. The zero-order chi connectivity index (χ0) is 23.4. The highest BCUT2D eigenvalue weighted by Crippen LogP contribution is 2.65. The first kappa shape index (κ1) is 22.2. The van der Waals surface area contributed by atoms with Gasteiger partial charge in [0.1, 0.15) is 12.1 Å². The maximum absolute atomic E-state index is 13.6. The number of hydrogen-bond donors (Lipinski definition) is 1. The number of halogens is 1. The molecule has 6 heteroatoms. The van der Waals surface area contributed by atoms with Crippen molar-refractivity contribution in [3.05, 3.63) is 65.4 Å². The van der Waals surface area contributed by atoms with Gasteiger partial charge in [0.05, 0.1) is 23.7 Å². The van der Waals surface area contributed by atoms with Gasteiger partial charge >= 0.3 is 0 Å². The number of carbonyl (C=O) groups is 1. The Kier molecular flexibility index (Phi) is 5.22. The molecule has 2 saturated carbocycles. The number of carbonyl (C=O) groups excluding carboxylic acids is 1.